The molecule has 2 heterocycles. The van der Waals surface area contributed by atoms with Gasteiger partial charge < -0.3 is 9.47 Å². The van der Waals surface area contributed by atoms with Crippen molar-refractivity contribution in [3.8, 4) is 5.75 Å². The molecule has 1 aliphatic rings. The van der Waals surface area contributed by atoms with Gasteiger partial charge in [-0.05, 0) is 33.3 Å². The summed E-state index contributed by atoms with van der Waals surface area (Å²) >= 11 is 0. The minimum Gasteiger partial charge on any atom is -0.488 e. The fourth-order valence-electron chi connectivity index (χ4n) is 2.06. The Labute approximate surface area is 119 Å². The Morgan fingerprint density at radius 3 is 2.95 bits per heavy atom. The largest absolute Gasteiger partial charge is 0.488 e. The molecule has 1 amide bonds. The number of ether oxygens (including phenoxy) is 2. The van der Waals surface area contributed by atoms with E-state index < -0.39 is 5.60 Å². The third-order valence-electron chi connectivity index (χ3n) is 3.04. The summed E-state index contributed by atoms with van der Waals surface area (Å²) in [4.78, 5) is 18.1. The molecule has 0 N–H and O–H groups in total. The van der Waals surface area contributed by atoms with Crippen molar-refractivity contribution in [1.29, 1.82) is 0 Å². The quantitative estimate of drug-likeness (QED) is 0.792. The minimum atomic E-state index is -0.496. The first kappa shape index (κ1) is 14.6. The second kappa shape index (κ2) is 5.69. The molecular weight excluding hydrogens is 256 g/mol. The van der Waals surface area contributed by atoms with E-state index in [4.69, 9.17) is 9.47 Å². The highest BCUT2D eigenvalue weighted by Crippen LogP contribution is 2.25. The van der Waals surface area contributed by atoms with Gasteiger partial charge in [0, 0.05) is 18.0 Å². The number of aromatic nitrogens is 1. The van der Waals surface area contributed by atoms with Crippen molar-refractivity contribution < 1.29 is 14.3 Å². The van der Waals surface area contributed by atoms with Gasteiger partial charge in [-0.25, -0.2) is 4.79 Å². The van der Waals surface area contributed by atoms with E-state index in [1.165, 1.54) is 0 Å². The number of pyridine rings is 1. The van der Waals surface area contributed by atoms with E-state index in [0.29, 0.717) is 13.1 Å². The van der Waals surface area contributed by atoms with E-state index in [2.05, 4.69) is 4.98 Å². The molecule has 0 aliphatic carbocycles. The van der Waals surface area contributed by atoms with Crippen LogP contribution in [0.4, 0.5) is 4.79 Å². The van der Waals surface area contributed by atoms with E-state index >= 15 is 0 Å². The predicted molar refractivity (Wildman–Crippen MR) is 75.6 cm³/mol. The van der Waals surface area contributed by atoms with Crippen molar-refractivity contribution in [2.75, 3.05) is 6.54 Å². The number of hydrogen-bond donors (Lipinski definition) is 0. The lowest BCUT2D eigenvalue weighted by atomic mass is 10.2. The highest BCUT2D eigenvalue weighted by atomic mass is 16.6. The summed E-state index contributed by atoms with van der Waals surface area (Å²) in [5.74, 6) is 0.804. The molecule has 0 unspecified atom stereocenters. The Morgan fingerprint density at radius 1 is 1.55 bits per heavy atom. The topological polar surface area (TPSA) is 51.7 Å². The molecule has 0 saturated heterocycles. The molecule has 20 heavy (non-hydrogen) atoms. The number of rotatable bonds is 1. The Kier molecular flexibility index (Phi) is 4.16. The number of fused-ring (bicyclic) bond motifs is 1. The maximum atomic E-state index is 12.3. The van der Waals surface area contributed by atoms with Crippen LogP contribution in [0.25, 0.3) is 0 Å². The van der Waals surface area contributed by atoms with Crippen LogP contribution in [-0.2, 0) is 11.3 Å². The second-order valence-corrected chi connectivity index (χ2v) is 5.99. The van der Waals surface area contributed by atoms with Crippen LogP contribution < -0.4 is 4.74 Å². The van der Waals surface area contributed by atoms with Gasteiger partial charge in [0.1, 0.15) is 17.5 Å². The summed E-state index contributed by atoms with van der Waals surface area (Å²) in [5, 5.41) is 0. The molecule has 0 spiro atoms. The second-order valence-electron chi connectivity index (χ2n) is 5.99. The molecule has 0 bridgehead atoms. The van der Waals surface area contributed by atoms with Gasteiger partial charge in [-0.15, -0.1) is 0 Å². The van der Waals surface area contributed by atoms with Crippen molar-refractivity contribution in [1.82, 2.24) is 9.88 Å². The molecule has 1 aliphatic heterocycles. The van der Waals surface area contributed by atoms with Gasteiger partial charge in [-0.2, -0.15) is 0 Å². The molecule has 1 aromatic rings. The van der Waals surface area contributed by atoms with Crippen molar-refractivity contribution in [3.63, 3.8) is 0 Å². The van der Waals surface area contributed by atoms with E-state index in [9.17, 15) is 4.79 Å². The highest BCUT2D eigenvalue weighted by molar-refractivity contribution is 5.68. The maximum Gasteiger partial charge on any atom is 0.410 e. The zero-order valence-corrected chi connectivity index (χ0v) is 12.5. The van der Waals surface area contributed by atoms with E-state index in [-0.39, 0.29) is 12.2 Å². The van der Waals surface area contributed by atoms with Gasteiger partial charge in [0.15, 0.2) is 0 Å². The van der Waals surface area contributed by atoms with E-state index in [0.717, 1.165) is 17.7 Å². The first-order valence-electron chi connectivity index (χ1n) is 6.96. The number of nitrogens with zero attached hydrogens (tertiary/aromatic N) is 2. The number of carbonyl (C=O) groups is 1. The number of amides is 1. The summed E-state index contributed by atoms with van der Waals surface area (Å²) in [6.45, 7) is 8.64. The minimum absolute atomic E-state index is 0.0221. The average molecular weight is 278 g/mol. The van der Waals surface area contributed by atoms with Crippen molar-refractivity contribution in [2.45, 2.75) is 52.4 Å². The highest BCUT2D eigenvalue weighted by Gasteiger charge is 2.28. The van der Waals surface area contributed by atoms with Crippen LogP contribution in [0.5, 0.6) is 5.75 Å². The Morgan fingerprint density at radius 2 is 2.30 bits per heavy atom. The first-order valence-corrected chi connectivity index (χ1v) is 6.96. The fraction of sp³-hybridized carbons (Fsp3) is 0.600. The Balaban J connectivity index is 2.20. The fourth-order valence-corrected chi connectivity index (χ4v) is 2.06. The van der Waals surface area contributed by atoms with Gasteiger partial charge in [0.25, 0.3) is 0 Å². The molecule has 2 rings (SSSR count). The molecule has 110 valence electrons. The van der Waals surface area contributed by atoms with Crippen LogP contribution in [0.3, 0.4) is 0 Å². The lowest BCUT2D eigenvalue weighted by Crippen LogP contribution is -2.40. The van der Waals surface area contributed by atoms with Crippen LogP contribution >= 0.6 is 0 Å². The maximum absolute atomic E-state index is 12.3. The van der Waals surface area contributed by atoms with Crippen molar-refractivity contribution >= 4 is 6.09 Å². The standard InChI is InChI=1S/C15H22N2O3/c1-5-12-10-17(14(18)20-15(2,3)4)9-11-8-16-7-6-13(11)19-12/h6-8,12H,5,9-10H2,1-4H3/t12-/m1/s1. The van der Waals surface area contributed by atoms with Gasteiger partial charge in [-0.3, -0.25) is 9.88 Å². The summed E-state index contributed by atoms with van der Waals surface area (Å²) in [5.41, 5.74) is 0.415. The van der Waals surface area contributed by atoms with Gasteiger partial charge in [0.2, 0.25) is 0 Å². The van der Waals surface area contributed by atoms with Crippen molar-refractivity contribution in [2.24, 2.45) is 0 Å². The van der Waals surface area contributed by atoms with E-state index in [1.54, 1.807) is 17.3 Å². The third-order valence-corrected chi connectivity index (χ3v) is 3.04. The molecule has 0 fully saturated rings. The molecule has 5 heteroatoms. The first-order chi connectivity index (χ1) is 9.39. The van der Waals surface area contributed by atoms with Crippen LogP contribution in [0.15, 0.2) is 18.5 Å². The van der Waals surface area contributed by atoms with Gasteiger partial charge in [-0.1, -0.05) is 6.92 Å². The summed E-state index contributed by atoms with van der Waals surface area (Å²) in [6.07, 6.45) is 3.95. The number of hydrogen-bond acceptors (Lipinski definition) is 4. The zero-order valence-electron chi connectivity index (χ0n) is 12.5. The third kappa shape index (κ3) is 3.62. The molecule has 1 aromatic heterocycles. The van der Waals surface area contributed by atoms with Gasteiger partial charge in [0.05, 0.1) is 13.1 Å². The summed E-state index contributed by atoms with van der Waals surface area (Å²) < 4.78 is 11.4. The van der Waals surface area contributed by atoms with Gasteiger partial charge >= 0.3 is 6.09 Å². The van der Waals surface area contributed by atoms with Crippen LogP contribution in [0, 0.1) is 0 Å². The zero-order chi connectivity index (χ0) is 14.8. The monoisotopic (exact) mass is 278 g/mol. The molecule has 0 radical (unpaired) electrons. The molecule has 0 saturated carbocycles. The molecule has 5 nitrogen and oxygen atoms in total. The van der Waals surface area contributed by atoms with Crippen LogP contribution in [-0.4, -0.2) is 34.2 Å². The normalized spacial score (nSPS) is 18.8. The average Bonchev–Trinajstić information content (AvgIpc) is 2.55. The molecule has 0 aromatic carbocycles. The van der Waals surface area contributed by atoms with E-state index in [1.807, 2.05) is 33.8 Å². The summed E-state index contributed by atoms with van der Waals surface area (Å²) in [7, 11) is 0. The lowest BCUT2D eigenvalue weighted by Gasteiger charge is -2.27. The predicted octanol–water partition coefficient (Wildman–Crippen LogP) is 2.99. The molecular formula is C15H22N2O3. The SMILES string of the molecule is CC[C@@H]1CN(C(=O)OC(C)(C)C)Cc2cnccc2O1. The van der Waals surface area contributed by atoms with Crippen molar-refractivity contribution in [3.05, 3.63) is 24.0 Å². The number of carbonyl (C=O) groups excluding carboxylic acids is 1. The smallest absolute Gasteiger partial charge is 0.410 e. The van der Waals surface area contributed by atoms with Crippen LogP contribution in [0.1, 0.15) is 39.7 Å². The summed E-state index contributed by atoms with van der Waals surface area (Å²) in [6, 6.07) is 1.84. The Bertz CT molecular complexity index is 482. The van der Waals surface area contributed by atoms with Crippen LogP contribution in [0.2, 0.25) is 0 Å². The molecule has 1 atom stereocenters. The lowest BCUT2D eigenvalue weighted by molar-refractivity contribution is 0.0177. The Hall–Kier alpha value is -1.78.